The second-order valence-corrected chi connectivity index (χ2v) is 5.03. The number of piperazine rings is 1. The zero-order valence-electron chi connectivity index (χ0n) is 11.8. The predicted octanol–water partition coefficient (Wildman–Crippen LogP) is -0.393. The molecule has 1 aromatic heterocycles. The molecule has 1 fully saturated rings. The van der Waals surface area contributed by atoms with Crippen LogP contribution in [0.3, 0.4) is 0 Å². The van der Waals surface area contributed by atoms with Crippen molar-refractivity contribution >= 4 is 23.2 Å². The Hall–Kier alpha value is -1.86. The van der Waals surface area contributed by atoms with E-state index in [1.165, 1.54) is 10.9 Å². The van der Waals surface area contributed by atoms with Crippen molar-refractivity contribution in [2.45, 2.75) is 12.6 Å². The maximum absolute atomic E-state index is 12.1. The van der Waals surface area contributed by atoms with E-state index in [9.17, 15) is 9.59 Å². The van der Waals surface area contributed by atoms with Crippen LogP contribution in [-0.4, -0.2) is 48.4 Å². The molecule has 0 aromatic carbocycles. The number of hydrogen-bond acceptors (Lipinski definition) is 5. The molecule has 1 aromatic rings. The molecule has 2 rings (SSSR count). The van der Waals surface area contributed by atoms with Gasteiger partial charge in [0.05, 0.1) is 18.4 Å². The van der Waals surface area contributed by atoms with Crippen molar-refractivity contribution in [1.82, 2.24) is 20.4 Å². The van der Waals surface area contributed by atoms with Crippen LogP contribution in [0, 0.1) is 0 Å². The van der Waals surface area contributed by atoms with Crippen molar-refractivity contribution in [2.24, 2.45) is 0 Å². The summed E-state index contributed by atoms with van der Waals surface area (Å²) >= 11 is 6.18. The fourth-order valence-corrected chi connectivity index (χ4v) is 2.56. The number of nitrogens with zero attached hydrogens (tertiary/aromatic N) is 3. The van der Waals surface area contributed by atoms with Crippen molar-refractivity contribution in [2.75, 3.05) is 31.6 Å². The molecule has 0 bridgehead atoms. The fourth-order valence-electron chi connectivity index (χ4n) is 2.30. The molecule has 0 radical (unpaired) electrons. The normalized spacial score (nSPS) is 18.4. The SMILES string of the molecule is C=CCn1ncc(N2CCNCC2C(=O)NC)c(Cl)c1=O. The molecule has 2 N–H and O–H groups in total. The highest BCUT2D eigenvalue weighted by atomic mass is 35.5. The summed E-state index contributed by atoms with van der Waals surface area (Å²) in [6.45, 7) is 5.64. The van der Waals surface area contributed by atoms with Crippen LogP contribution >= 0.6 is 11.6 Å². The van der Waals surface area contributed by atoms with Crippen LogP contribution < -0.4 is 21.1 Å². The molecule has 1 aliphatic heterocycles. The number of likely N-dealkylation sites (N-methyl/N-ethyl adjacent to an activating group) is 1. The van der Waals surface area contributed by atoms with Gasteiger partial charge in [-0.1, -0.05) is 17.7 Å². The lowest BCUT2D eigenvalue weighted by atomic mass is 10.1. The lowest BCUT2D eigenvalue weighted by Gasteiger charge is -2.36. The molecular weight excluding hydrogens is 294 g/mol. The largest absolute Gasteiger partial charge is 0.357 e. The van der Waals surface area contributed by atoms with Crippen molar-refractivity contribution in [1.29, 1.82) is 0 Å². The molecule has 21 heavy (non-hydrogen) atoms. The minimum absolute atomic E-state index is 0.0719. The minimum Gasteiger partial charge on any atom is -0.357 e. The number of carbonyl (C=O) groups excluding carboxylic acids is 1. The third-order valence-corrected chi connectivity index (χ3v) is 3.73. The number of carbonyl (C=O) groups is 1. The third kappa shape index (κ3) is 3.08. The maximum Gasteiger partial charge on any atom is 0.287 e. The number of anilines is 1. The Bertz CT molecular complexity index is 601. The summed E-state index contributed by atoms with van der Waals surface area (Å²) in [6.07, 6.45) is 3.09. The summed E-state index contributed by atoms with van der Waals surface area (Å²) in [4.78, 5) is 25.9. The van der Waals surface area contributed by atoms with E-state index >= 15 is 0 Å². The van der Waals surface area contributed by atoms with E-state index in [1.54, 1.807) is 13.1 Å². The zero-order valence-corrected chi connectivity index (χ0v) is 12.6. The molecule has 2 heterocycles. The van der Waals surface area contributed by atoms with Crippen molar-refractivity contribution in [3.05, 3.63) is 34.2 Å². The number of aromatic nitrogens is 2. The number of hydrogen-bond donors (Lipinski definition) is 2. The summed E-state index contributed by atoms with van der Waals surface area (Å²) < 4.78 is 1.23. The first-order valence-corrected chi connectivity index (χ1v) is 7.03. The molecule has 1 unspecified atom stereocenters. The molecule has 1 saturated heterocycles. The Morgan fingerprint density at radius 2 is 2.48 bits per heavy atom. The standard InChI is InChI=1S/C13H18ClN5O2/c1-3-5-19-13(21)11(14)9(8-17-19)18-6-4-16-7-10(18)12(20)15-2/h3,8,10,16H,1,4-7H2,2H3,(H,15,20). The number of halogens is 1. The van der Waals surface area contributed by atoms with Gasteiger partial charge in [0.15, 0.2) is 0 Å². The first-order chi connectivity index (χ1) is 10.1. The summed E-state index contributed by atoms with van der Waals surface area (Å²) in [5, 5.41) is 9.92. The lowest BCUT2D eigenvalue weighted by Crippen LogP contribution is -2.58. The van der Waals surface area contributed by atoms with Gasteiger partial charge in [-0.05, 0) is 0 Å². The summed E-state index contributed by atoms with van der Waals surface area (Å²) in [6, 6.07) is -0.419. The quantitative estimate of drug-likeness (QED) is 0.740. The average Bonchev–Trinajstić information content (AvgIpc) is 2.51. The predicted molar refractivity (Wildman–Crippen MR) is 81.8 cm³/mol. The number of amides is 1. The molecule has 1 atom stereocenters. The Kier molecular flexibility index (Phi) is 4.98. The summed E-state index contributed by atoms with van der Waals surface area (Å²) in [5.41, 5.74) is 0.0975. The van der Waals surface area contributed by atoms with Gasteiger partial charge in [-0.3, -0.25) is 9.59 Å². The van der Waals surface area contributed by atoms with Crippen LogP contribution in [0.25, 0.3) is 0 Å². The van der Waals surface area contributed by atoms with Gasteiger partial charge in [0, 0.05) is 26.7 Å². The Balaban J connectivity index is 2.39. The Morgan fingerprint density at radius 1 is 1.71 bits per heavy atom. The number of nitrogens with one attached hydrogen (secondary N) is 2. The minimum atomic E-state index is -0.419. The van der Waals surface area contributed by atoms with E-state index < -0.39 is 6.04 Å². The maximum atomic E-state index is 12.1. The molecule has 8 heteroatoms. The molecule has 0 spiro atoms. The van der Waals surface area contributed by atoms with Gasteiger partial charge < -0.3 is 15.5 Å². The van der Waals surface area contributed by atoms with E-state index in [-0.39, 0.29) is 16.5 Å². The first-order valence-electron chi connectivity index (χ1n) is 6.65. The zero-order chi connectivity index (χ0) is 15.4. The molecule has 1 aliphatic rings. The van der Waals surface area contributed by atoms with Crippen molar-refractivity contribution in [3.63, 3.8) is 0 Å². The van der Waals surface area contributed by atoms with Crippen LogP contribution in [0.1, 0.15) is 0 Å². The van der Waals surface area contributed by atoms with E-state index in [2.05, 4.69) is 22.3 Å². The topological polar surface area (TPSA) is 79.3 Å². The van der Waals surface area contributed by atoms with Gasteiger partial charge in [0.25, 0.3) is 5.56 Å². The van der Waals surface area contributed by atoms with Gasteiger partial charge >= 0.3 is 0 Å². The highest BCUT2D eigenvalue weighted by Gasteiger charge is 2.30. The average molecular weight is 312 g/mol. The van der Waals surface area contributed by atoms with Crippen molar-refractivity contribution in [3.8, 4) is 0 Å². The summed E-state index contributed by atoms with van der Waals surface area (Å²) in [7, 11) is 1.58. The smallest absolute Gasteiger partial charge is 0.287 e. The van der Waals surface area contributed by atoms with Gasteiger partial charge in [-0.2, -0.15) is 5.10 Å². The second-order valence-electron chi connectivity index (χ2n) is 4.65. The second kappa shape index (κ2) is 6.73. The first kappa shape index (κ1) is 15.5. The van der Waals surface area contributed by atoms with Gasteiger partial charge in [0.1, 0.15) is 11.1 Å². The van der Waals surface area contributed by atoms with Crippen LogP contribution in [-0.2, 0) is 11.3 Å². The number of rotatable bonds is 4. The van der Waals surface area contributed by atoms with E-state index in [4.69, 9.17) is 11.6 Å². The van der Waals surface area contributed by atoms with Gasteiger partial charge in [-0.15, -0.1) is 6.58 Å². The summed E-state index contributed by atoms with van der Waals surface area (Å²) in [5.74, 6) is -0.131. The van der Waals surface area contributed by atoms with Gasteiger partial charge in [0.2, 0.25) is 5.91 Å². The van der Waals surface area contributed by atoms with E-state index in [1.807, 2.05) is 4.90 Å². The molecule has 7 nitrogen and oxygen atoms in total. The Morgan fingerprint density at radius 3 is 3.14 bits per heavy atom. The fraction of sp³-hybridized carbons (Fsp3) is 0.462. The van der Waals surface area contributed by atoms with Crippen LogP contribution in [0.2, 0.25) is 5.02 Å². The van der Waals surface area contributed by atoms with E-state index in [0.717, 1.165) is 0 Å². The monoisotopic (exact) mass is 311 g/mol. The van der Waals surface area contributed by atoms with E-state index in [0.29, 0.717) is 31.9 Å². The van der Waals surface area contributed by atoms with Gasteiger partial charge in [-0.25, -0.2) is 4.68 Å². The third-order valence-electron chi connectivity index (χ3n) is 3.37. The van der Waals surface area contributed by atoms with Crippen LogP contribution in [0.15, 0.2) is 23.6 Å². The highest BCUT2D eigenvalue weighted by Crippen LogP contribution is 2.24. The van der Waals surface area contributed by atoms with Crippen LogP contribution in [0.4, 0.5) is 5.69 Å². The van der Waals surface area contributed by atoms with Crippen molar-refractivity contribution < 1.29 is 4.79 Å². The lowest BCUT2D eigenvalue weighted by molar-refractivity contribution is -0.122. The molecule has 0 saturated carbocycles. The molecule has 114 valence electrons. The molecule has 0 aliphatic carbocycles. The molecular formula is C13H18ClN5O2. The number of allylic oxidation sites excluding steroid dienone is 1. The van der Waals surface area contributed by atoms with Crippen LogP contribution in [0.5, 0.6) is 0 Å². The molecule has 1 amide bonds. The highest BCUT2D eigenvalue weighted by molar-refractivity contribution is 6.33. The Labute approximate surface area is 127 Å².